The van der Waals surface area contributed by atoms with Gasteiger partial charge in [0.05, 0.1) is 6.26 Å². The van der Waals surface area contributed by atoms with Crippen LogP contribution in [0, 0.1) is 0 Å². The third-order valence-electron chi connectivity index (χ3n) is 6.05. The zero-order chi connectivity index (χ0) is 29.3. The van der Waals surface area contributed by atoms with Gasteiger partial charge in [-0.1, -0.05) is 36.4 Å². The van der Waals surface area contributed by atoms with E-state index in [1.54, 1.807) is 36.4 Å². The van der Waals surface area contributed by atoms with Crippen molar-refractivity contribution in [2.45, 2.75) is 37.5 Å². The molecule has 0 saturated heterocycles. The molecule has 4 aromatic rings. The molecule has 0 amide bonds. The van der Waals surface area contributed by atoms with Crippen LogP contribution in [0.5, 0.6) is 11.5 Å². The van der Waals surface area contributed by atoms with Crippen LogP contribution in [0.1, 0.15) is 18.1 Å². The molecule has 3 aromatic carbocycles. The zero-order valence-electron chi connectivity index (χ0n) is 20.6. The fourth-order valence-corrected chi connectivity index (χ4v) is 3.87. The second-order valence-corrected chi connectivity index (χ2v) is 8.98. The van der Waals surface area contributed by atoms with Crippen LogP contribution >= 0.6 is 0 Å². The minimum absolute atomic E-state index is 0.0643. The molecule has 1 aromatic heterocycles. The fraction of sp³-hybridized carbons (Fsp3) is 0.214. The van der Waals surface area contributed by atoms with Crippen LogP contribution in [0.2, 0.25) is 0 Å². The summed E-state index contributed by atoms with van der Waals surface area (Å²) in [5.41, 5.74) is -4.90. The predicted molar refractivity (Wildman–Crippen MR) is 130 cm³/mol. The minimum Gasteiger partial charge on any atom is -0.464 e. The van der Waals surface area contributed by atoms with Gasteiger partial charge in [-0.25, -0.2) is 0 Å². The molecule has 0 aliphatic rings. The SMILES string of the molecule is CC(O)(N(Cc1cccc(C(F)(F)C(F)(F)F)c1)c1cccc(Oc2cccc(-c3ccco3)c2)c1)C(F)(F)F. The van der Waals surface area contributed by atoms with Crippen molar-refractivity contribution in [1.29, 1.82) is 0 Å². The number of ether oxygens (including phenoxy) is 1. The Hall–Kier alpha value is -4.06. The van der Waals surface area contributed by atoms with Gasteiger partial charge in [0.25, 0.3) is 0 Å². The quantitative estimate of drug-likeness (QED) is 0.170. The smallest absolute Gasteiger partial charge is 0.458 e. The molecule has 0 bridgehead atoms. The van der Waals surface area contributed by atoms with Crippen molar-refractivity contribution in [2.75, 3.05) is 4.90 Å². The molecular weight excluding hydrogens is 550 g/mol. The summed E-state index contributed by atoms with van der Waals surface area (Å²) in [4.78, 5) is 0.435. The average Bonchev–Trinajstić information content (AvgIpc) is 3.42. The maximum atomic E-state index is 13.9. The van der Waals surface area contributed by atoms with Gasteiger partial charge in [-0.3, -0.25) is 0 Å². The van der Waals surface area contributed by atoms with Crippen molar-refractivity contribution in [2.24, 2.45) is 0 Å². The number of hydrogen-bond donors (Lipinski definition) is 1. The molecule has 1 atom stereocenters. The van der Waals surface area contributed by atoms with Gasteiger partial charge in [-0.2, -0.15) is 35.1 Å². The van der Waals surface area contributed by atoms with Crippen LogP contribution in [0.25, 0.3) is 11.3 Å². The molecule has 0 fully saturated rings. The molecule has 0 spiro atoms. The number of anilines is 1. The number of aliphatic hydroxyl groups is 1. The van der Waals surface area contributed by atoms with Gasteiger partial charge < -0.3 is 19.2 Å². The van der Waals surface area contributed by atoms with E-state index in [2.05, 4.69) is 0 Å². The van der Waals surface area contributed by atoms with Gasteiger partial charge in [0.1, 0.15) is 17.3 Å². The van der Waals surface area contributed by atoms with Crippen molar-refractivity contribution >= 4 is 5.69 Å². The number of alkyl halides is 8. The molecule has 0 aliphatic carbocycles. The van der Waals surface area contributed by atoms with E-state index in [0.29, 0.717) is 41.0 Å². The van der Waals surface area contributed by atoms with Crippen LogP contribution < -0.4 is 9.64 Å². The molecule has 1 unspecified atom stereocenters. The Morgan fingerprint density at radius 1 is 0.750 bits per heavy atom. The molecule has 0 saturated carbocycles. The van der Waals surface area contributed by atoms with Crippen LogP contribution in [-0.4, -0.2) is 23.2 Å². The Morgan fingerprint density at radius 3 is 2.02 bits per heavy atom. The molecule has 0 radical (unpaired) electrons. The summed E-state index contributed by atoms with van der Waals surface area (Å²) in [5.74, 6) is -4.32. The first-order chi connectivity index (χ1) is 18.6. The van der Waals surface area contributed by atoms with E-state index in [9.17, 15) is 40.2 Å². The van der Waals surface area contributed by atoms with E-state index >= 15 is 0 Å². The summed E-state index contributed by atoms with van der Waals surface area (Å²) < 4.78 is 119. The lowest BCUT2D eigenvalue weighted by Gasteiger charge is -2.40. The summed E-state index contributed by atoms with van der Waals surface area (Å²) in [6.45, 7) is -0.423. The fourth-order valence-electron chi connectivity index (χ4n) is 3.87. The number of benzene rings is 3. The lowest BCUT2D eigenvalue weighted by atomic mass is 10.0. The number of furan rings is 1. The van der Waals surface area contributed by atoms with Crippen molar-refractivity contribution < 1.29 is 49.4 Å². The van der Waals surface area contributed by atoms with Gasteiger partial charge in [0.15, 0.2) is 0 Å². The molecule has 12 heteroatoms. The second kappa shape index (κ2) is 10.5. The van der Waals surface area contributed by atoms with Crippen molar-refractivity contribution in [3.05, 3.63) is 102 Å². The summed E-state index contributed by atoms with van der Waals surface area (Å²) in [6.07, 6.45) is -9.68. The monoisotopic (exact) mass is 571 g/mol. The van der Waals surface area contributed by atoms with Gasteiger partial charge >= 0.3 is 18.3 Å². The third-order valence-corrected chi connectivity index (χ3v) is 6.05. The van der Waals surface area contributed by atoms with Gasteiger partial charge in [-0.05, 0) is 55.0 Å². The van der Waals surface area contributed by atoms with Crippen molar-refractivity contribution in [3.8, 4) is 22.8 Å². The second-order valence-electron chi connectivity index (χ2n) is 8.98. The zero-order valence-corrected chi connectivity index (χ0v) is 20.6. The van der Waals surface area contributed by atoms with Crippen LogP contribution in [0.4, 0.5) is 40.8 Å². The average molecular weight is 571 g/mol. The van der Waals surface area contributed by atoms with Gasteiger partial charge in [0.2, 0.25) is 5.72 Å². The number of rotatable bonds is 8. The van der Waals surface area contributed by atoms with Crippen molar-refractivity contribution in [1.82, 2.24) is 0 Å². The van der Waals surface area contributed by atoms with Crippen LogP contribution in [0.15, 0.2) is 95.6 Å². The van der Waals surface area contributed by atoms with E-state index < -0.39 is 36.1 Å². The van der Waals surface area contributed by atoms with E-state index in [1.165, 1.54) is 30.5 Å². The first kappa shape index (κ1) is 28.9. The van der Waals surface area contributed by atoms with Gasteiger partial charge in [0, 0.05) is 29.4 Å². The topological polar surface area (TPSA) is 45.8 Å². The minimum atomic E-state index is -5.91. The lowest BCUT2D eigenvalue weighted by molar-refractivity contribution is -0.289. The summed E-state index contributed by atoms with van der Waals surface area (Å²) in [6, 6.07) is 18.1. The van der Waals surface area contributed by atoms with E-state index in [-0.39, 0.29) is 17.0 Å². The Labute approximate surface area is 223 Å². The Balaban J connectivity index is 1.69. The predicted octanol–water partition coefficient (Wildman–Crippen LogP) is 8.67. The standard InChI is InChI=1S/C28H21F8NO3/c1-25(38,27(31,32)33)37(17-18-6-2-8-20(14-18)26(29,30)28(34,35)36)21-9-4-11-23(16-21)40-22-10-3-7-19(15-22)24-12-5-13-39-24/h2-16,38H,17H2,1H3. The molecule has 0 aliphatic heterocycles. The summed E-state index contributed by atoms with van der Waals surface area (Å²) in [7, 11) is 0. The Bertz CT molecular complexity index is 1450. The molecule has 4 nitrogen and oxygen atoms in total. The van der Waals surface area contributed by atoms with Gasteiger partial charge in [-0.15, -0.1) is 0 Å². The number of nitrogens with zero attached hydrogens (tertiary/aromatic N) is 1. The number of hydrogen-bond acceptors (Lipinski definition) is 4. The highest BCUT2D eigenvalue weighted by atomic mass is 19.4. The van der Waals surface area contributed by atoms with E-state index in [1.807, 2.05) is 0 Å². The Morgan fingerprint density at radius 2 is 1.40 bits per heavy atom. The summed E-state index contributed by atoms with van der Waals surface area (Å²) in [5, 5.41) is 10.5. The lowest BCUT2D eigenvalue weighted by Crippen LogP contribution is -2.56. The molecule has 1 N–H and O–H groups in total. The normalized spacial score (nSPS) is 14.1. The molecular formula is C28H21F8NO3. The molecule has 40 heavy (non-hydrogen) atoms. The first-order valence-electron chi connectivity index (χ1n) is 11.6. The molecule has 4 rings (SSSR count). The largest absolute Gasteiger partial charge is 0.464 e. The maximum absolute atomic E-state index is 13.9. The summed E-state index contributed by atoms with van der Waals surface area (Å²) >= 11 is 0. The Kier molecular flexibility index (Phi) is 7.59. The molecule has 212 valence electrons. The maximum Gasteiger partial charge on any atom is 0.458 e. The van der Waals surface area contributed by atoms with Crippen LogP contribution in [0.3, 0.4) is 0 Å². The van der Waals surface area contributed by atoms with Crippen LogP contribution in [-0.2, 0) is 12.5 Å². The van der Waals surface area contributed by atoms with E-state index in [4.69, 9.17) is 9.15 Å². The van der Waals surface area contributed by atoms with E-state index in [0.717, 1.165) is 12.1 Å². The molecule has 1 heterocycles. The third kappa shape index (κ3) is 5.91. The highest BCUT2D eigenvalue weighted by molar-refractivity contribution is 5.60. The number of halogens is 8. The van der Waals surface area contributed by atoms with Crippen molar-refractivity contribution in [3.63, 3.8) is 0 Å². The highest BCUT2D eigenvalue weighted by Gasteiger charge is 2.59. The first-order valence-corrected chi connectivity index (χ1v) is 11.6. The highest BCUT2D eigenvalue weighted by Crippen LogP contribution is 2.44.